The lowest BCUT2D eigenvalue weighted by Crippen LogP contribution is -2.54. The average Bonchev–Trinajstić information content (AvgIpc) is 3.49. The molecule has 2 aliphatic rings. The number of fused-ring (bicyclic) bond motifs is 1. The SMILES string of the molecule is Cc1c(F)c(N2CCC(C(N)C(CF)(CF)C(F)F)C2)c(C)c2c1c(=O)[nH]c(=O)n2C1CC1. The summed E-state index contributed by atoms with van der Waals surface area (Å²) in [6.07, 6.45) is -1.52. The van der Waals surface area contributed by atoms with E-state index in [0.29, 0.717) is 11.1 Å². The van der Waals surface area contributed by atoms with Crippen molar-refractivity contribution in [1.82, 2.24) is 9.55 Å². The molecule has 1 aliphatic carbocycles. The standard InChI is InChI=1S/C22H27F5N4O2/c1-10-14-16(31(13-3-4-13)21(33)29-19(14)32)11(2)17(15(10)25)30-6-5-12(7-30)18(28)22(8-23,9-24)20(26)27/h12-13,18,20H,3-9,28H2,1-2H3,(H,29,32,33). The number of H-pyrrole nitrogens is 1. The van der Waals surface area contributed by atoms with Gasteiger partial charge in [-0.05, 0) is 39.0 Å². The summed E-state index contributed by atoms with van der Waals surface area (Å²) >= 11 is 0. The molecule has 2 unspecified atom stereocenters. The number of hydrogen-bond acceptors (Lipinski definition) is 4. The Morgan fingerprint density at radius 2 is 1.76 bits per heavy atom. The third-order valence-electron chi connectivity index (χ3n) is 7.32. The number of nitrogens with two attached hydrogens (primary N) is 1. The average molecular weight is 474 g/mol. The summed E-state index contributed by atoms with van der Waals surface area (Å²) in [7, 11) is 0. The second kappa shape index (κ2) is 8.41. The van der Waals surface area contributed by atoms with Gasteiger partial charge in [-0.1, -0.05) is 0 Å². The molecule has 0 amide bonds. The fraction of sp³-hybridized carbons (Fsp3) is 0.636. The molecule has 33 heavy (non-hydrogen) atoms. The zero-order valence-electron chi connectivity index (χ0n) is 18.4. The quantitative estimate of drug-likeness (QED) is 0.604. The zero-order chi connectivity index (χ0) is 24.2. The molecule has 182 valence electrons. The van der Waals surface area contributed by atoms with E-state index in [4.69, 9.17) is 5.73 Å². The van der Waals surface area contributed by atoms with Gasteiger partial charge in [0.2, 0.25) is 0 Å². The van der Waals surface area contributed by atoms with Gasteiger partial charge in [0.1, 0.15) is 18.8 Å². The van der Waals surface area contributed by atoms with Gasteiger partial charge < -0.3 is 10.6 Å². The Labute approximate surface area is 186 Å². The maximum Gasteiger partial charge on any atom is 0.329 e. The van der Waals surface area contributed by atoms with E-state index < -0.39 is 54.2 Å². The first-order chi connectivity index (χ1) is 15.6. The lowest BCUT2D eigenvalue weighted by Gasteiger charge is -2.36. The van der Waals surface area contributed by atoms with E-state index in [1.807, 2.05) is 0 Å². The van der Waals surface area contributed by atoms with Crippen molar-refractivity contribution in [2.45, 2.75) is 51.6 Å². The first-order valence-corrected chi connectivity index (χ1v) is 11.0. The summed E-state index contributed by atoms with van der Waals surface area (Å²) in [4.78, 5) is 28.9. The van der Waals surface area contributed by atoms with Crippen LogP contribution >= 0.6 is 0 Å². The number of aromatic nitrogens is 2. The smallest absolute Gasteiger partial charge is 0.329 e. The van der Waals surface area contributed by atoms with E-state index >= 15 is 4.39 Å². The lowest BCUT2D eigenvalue weighted by molar-refractivity contribution is -0.0639. The van der Waals surface area contributed by atoms with Crippen LogP contribution in [0.1, 0.15) is 36.4 Å². The highest BCUT2D eigenvalue weighted by Gasteiger charge is 2.50. The Kier molecular flexibility index (Phi) is 6.05. The Morgan fingerprint density at radius 3 is 2.30 bits per heavy atom. The van der Waals surface area contributed by atoms with Gasteiger partial charge in [-0.25, -0.2) is 18.0 Å². The van der Waals surface area contributed by atoms with Crippen molar-refractivity contribution in [2.75, 3.05) is 31.3 Å². The number of aromatic amines is 1. The van der Waals surface area contributed by atoms with Gasteiger partial charge in [0.25, 0.3) is 12.0 Å². The van der Waals surface area contributed by atoms with Crippen molar-refractivity contribution in [3.05, 3.63) is 37.8 Å². The van der Waals surface area contributed by atoms with Crippen LogP contribution in [0.15, 0.2) is 9.59 Å². The molecule has 1 aromatic heterocycles. The minimum atomic E-state index is -3.28. The summed E-state index contributed by atoms with van der Waals surface area (Å²) in [5.74, 6) is -1.35. The van der Waals surface area contributed by atoms with Crippen molar-refractivity contribution in [3.8, 4) is 0 Å². The molecule has 1 saturated heterocycles. The minimum Gasteiger partial charge on any atom is -0.369 e. The summed E-state index contributed by atoms with van der Waals surface area (Å²) in [6.45, 7) is 0.114. The third-order valence-corrected chi connectivity index (χ3v) is 7.32. The van der Waals surface area contributed by atoms with Crippen LogP contribution in [-0.4, -0.2) is 48.5 Å². The zero-order valence-corrected chi connectivity index (χ0v) is 18.4. The molecule has 6 nitrogen and oxygen atoms in total. The van der Waals surface area contributed by atoms with Gasteiger partial charge in [-0.2, -0.15) is 0 Å². The number of anilines is 1. The molecule has 11 heteroatoms. The largest absolute Gasteiger partial charge is 0.369 e. The molecule has 3 N–H and O–H groups in total. The van der Waals surface area contributed by atoms with E-state index in [1.54, 1.807) is 11.8 Å². The molecule has 1 saturated carbocycles. The maximum atomic E-state index is 15.5. The topological polar surface area (TPSA) is 84.1 Å². The molecule has 1 aliphatic heterocycles. The number of halogens is 5. The number of hydrogen-bond donors (Lipinski definition) is 2. The number of rotatable bonds is 7. The number of benzene rings is 1. The highest BCUT2D eigenvalue weighted by atomic mass is 19.3. The Morgan fingerprint density at radius 1 is 1.12 bits per heavy atom. The number of aryl methyl sites for hydroxylation is 2. The van der Waals surface area contributed by atoms with Gasteiger partial charge in [0.05, 0.1) is 16.6 Å². The van der Waals surface area contributed by atoms with Crippen LogP contribution in [0.5, 0.6) is 0 Å². The van der Waals surface area contributed by atoms with Crippen molar-refractivity contribution >= 4 is 16.6 Å². The lowest BCUT2D eigenvalue weighted by atomic mass is 9.76. The molecule has 0 bridgehead atoms. The summed E-state index contributed by atoms with van der Waals surface area (Å²) in [5.41, 5.74) is 3.07. The second-order valence-corrected chi connectivity index (χ2v) is 9.32. The van der Waals surface area contributed by atoms with E-state index in [1.165, 1.54) is 11.5 Å². The van der Waals surface area contributed by atoms with Crippen LogP contribution in [0.2, 0.25) is 0 Å². The van der Waals surface area contributed by atoms with Crippen LogP contribution in [0, 0.1) is 31.0 Å². The van der Waals surface area contributed by atoms with Crippen molar-refractivity contribution < 1.29 is 22.0 Å². The maximum absolute atomic E-state index is 15.5. The van der Waals surface area contributed by atoms with Gasteiger partial charge in [0, 0.05) is 36.3 Å². The molecule has 2 heterocycles. The fourth-order valence-corrected chi connectivity index (χ4v) is 5.12. The van der Waals surface area contributed by atoms with Crippen LogP contribution < -0.4 is 21.9 Å². The van der Waals surface area contributed by atoms with Crippen molar-refractivity contribution in [3.63, 3.8) is 0 Å². The van der Waals surface area contributed by atoms with Crippen molar-refractivity contribution in [2.24, 2.45) is 17.1 Å². The monoisotopic (exact) mass is 474 g/mol. The third kappa shape index (κ3) is 3.55. The Bertz CT molecular complexity index is 1190. The van der Waals surface area contributed by atoms with Gasteiger partial charge in [-0.15, -0.1) is 0 Å². The molecule has 4 rings (SSSR count). The van der Waals surface area contributed by atoms with E-state index in [2.05, 4.69) is 4.98 Å². The summed E-state index contributed by atoms with van der Waals surface area (Å²) in [5, 5.41) is 0.0966. The van der Waals surface area contributed by atoms with Crippen LogP contribution in [-0.2, 0) is 0 Å². The molecule has 2 fully saturated rings. The number of nitrogens with one attached hydrogen (secondary N) is 1. The fourth-order valence-electron chi connectivity index (χ4n) is 5.12. The number of nitrogens with zero attached hydrogens (tertiary/aromatic N) is 2. The van der Waals surface area contributed by atoms with Crippen LogP contribution in [0.4, 0.5) is 27.6 Å². The first kappa shape index (κ1) is 23.7. The Hall–Kier alpha value is -2.43. The molecule has 0 radical (unpaired) electrons. The molecule has 0 spiro atoms. The molecule has 2 atom stereocenters. The first-order valence-electron chi connectivity index (χ1n) is 11.0. The molecular formula is C22H27F5N4O2. The van der Waals surface area contributed by atoms with Crippen molar-refractivity contribution in [1.29, 1.82) is 0 Å². The van der Waals surface area contributed by atoms with E-state index in [0.717, 1.165) is 12.8 Å². The molecule has 1 aromatic carbocycles. The second-order valence-electron chi connectivity index (χ2n) is 9.32. The molecular weight excluding hydrogens is 447 g/mol. The van der Waals surface area contributed by atoms with Crippen LogP contribution in [0.25, 0.3) is 10.9 Å². The normalized spacial score (nSPS) is 20.3. The highest BCUT2D eigenvalue weighted by molar-refractivity contribution is 5.90. The summed E-state index contributed by atoms with van der Waals surface area (Å²) < 4.78 is 71.1. The van der Waals surface area contributed by atoms with E-state index in [9.17, 15) is 27.2 Å². The minimum absolute atomic E-state index is 0.0230. The predicted octanol–water partition coefficient (Wildman–Crippen LogP) is 3.12. The Balaban J connectivity index is 1.80. The summed E-state index contributed by atoms with van der Waals surface area (Å²) in [6, 6.07) is -1.55. The predicted molar refractivity (Wildman–Crippen MR) is 115 cm³/mol. The van der Waals surface area contributed by atoms with Gasteiger partial charge in [0.15, 0.2) is 5.82 Å². The van der Waals surface area contributed by atoms with Gasteiger partial charge in [-0.3, -0.25) is 23.1 Å². The van der Waals surface area contributed by atoms with E-state index in [-0.39, 0.29) is 42.2 Å². The van der Waals surface area contributed by atoms with Gasteiger partial charge >= 0.3 is 5.69 Å². The highest BCUT2D eigenvalue weighted by Crippen LogP contribution is 2.42. The number of alkyl halides is 4. The molecule has 2 aromatic rings. The van der Waals surface area contributed by atoms with Crippen LogP contribution in [0.3, 0.4) is 0 Å².